The highest BCUT2D eigenvalue weighted by Gasteiger charge is 2.27. The molecule has 0 aromatic heterocycles. The molecule has 4 heteroatoms. The van der Waals surface area contributed by atoms with E-state index in [0.29, 0.717) is 11.1 Å². The van der Waals surface area contributed by atoms with Crippen molar-refractivity contribution in [2.24, 2.45) is 4.99 Å². The lowest BCUT2D eigenvalue weighted by molar-refractivity contribution is -0.134. The number of aliphatic imine (C=N–C) groups is 1. The number of cyclic esters (lactones) is 1. The minimum Gasteiger partial charge on any atom is -0.406 e. The maximum Gasteiger partial charge on any atom is 0.337 e. The Morgan fingerprint density at radius 2 is 2.06 bits per heavy atom. The van der Waals surface area contributed by atoms with Crippen molar-refractivity contribution < 1.29 is 14.3 Å². The first kappa shape index (κ1) is 10.5. The summed E-state index contributed by atoms with van der Waals surface area (Å²) in [5, 5.41) is 0. The Morgan fingerprint density at radius 3 is 2.62 bits per heavy atom. The van der Waals surface area contributed by atoms with Crippen LogP contribution in [0.25, 0.3) is 0 Å². The van der Waals surface area contributed by atoms with Gasteiger partial charge in [0.25, 0.3) is 0 Å². The number of hydrogen-bond donors (Lipinski definition) is 0. The molecule has 1 atom stereocenters. The van der Waals surface area contributed by atoms with Crippen LogP contribution in [0, 0.1) is 0 Å². The van der Waals surface area contributed by atoms with Crippen molar-refractivity contribution in [2.45, 2.75) is 19.9 Å². The molecule has 1 heterocycles. The highest BCUT2D eigenvalue weighted by Crippen LogP contribution is 2.17. The molecule has 1 unspecified atom stereocenters. The van der Waals surface area contributed by atoms with E-state index >= 15 is 0 Å². The third-order valence-corrected chi connectivity index (χ3v) is 2.39. The number of hydrogen-bond acceptors (Lipinski definition) is 4. The summed E-state index contributed by atoms with van der Waals surface area (Å²) in [4.78, 5) is 26.7. The molecule has 0 saturated heterocycles. The van der Waals surface area contributed by atoms with E-state index < -0.39 is 6.04 Å². The zero-order valence-corrected chi connectivity index (χ0v) is 9.06. The molecule has 0 fully saturated rings. The lowest BCUT2D eigenvalue weighted by Crippen LogP contribution is -2.12. The number of ketones is 1. The maximum absolute atomic E-state index is 11.4. The molecular formula is C12H11NO3. The molecule has 0 radical (unpaired) electrons. The molecule has 1 aromatic rings. The van der Waals surface area contributed by atoms with E-state index in [2.05, 4.69) is 4.99 Å². The van der Waals surface area contributed by atoms with Crippen molar-refractivity contribution >= 4 is 17.7 Å². The highest BCUT2D eigenvalue weighted by molar-refractivity contribution is 6.12. The first-order chi connectivity index (χ1) is 7.59. The van der Waals surface area contributed by atoms with E-state index in [9.17, 15) is 9.59 Å². The summed E-state index contributed by atoms with van der Waals surface area (Å²) in [5.74, 6) is -0.217. The molecule has 2 rings (SSSR count). The second kappa shape index (κ2) is 3.89. The largest absolute Gasteiger partial charge is 0.406 e. The number of esters is 1. The minimum atomic E-state index is -0.491. The number of Topliss-reactive ketones (excluding diaryl/α,β-unsaturated/α-hetero) is 1. The number of carbonyl (C=O) groups is 2. The molecule has 0 saturated carbocycles. The summed E-state index contributed by atoms with van der Waals surface area (Å²) in [7, 11) is 0. The van der Waals surface area contributed by atoms with E-state index in [1.54, 1.807) is 31.2 Å². The first-order valence-electron chi connectivity index (χ1n) is 4.99. The third kappa shape index (κ3) is 1.74. The van der Waals surface area contributed by atoms with Crippen molar-refractivity contribution in [3.63, 3.8) is 0 Å². The van der Waals surface area contributed by atoms with Crippen LogP contribution in [0.15, 0.2) is 29.3 Å². The van der Waals surface area contributed by atoms with Crippen LogP contribution in [0.4, 0.5) is 0 Å². The second-order valence-corrected chi connectivity index (χ2v) is 3.63. The number of ether oxygens (including phenoxy) is 1. The van der Waals surface area contributed by atoms with Crippen LogP contribution < -0.4 is 0 Å². The van der Waals surface area contributed by atoms with E-state index in [0.717, 1.165) is 0 Å². The molecule has 82 valence electrons. The average molecular weight is 217 g/mol. The molecule has 4 nitrogen and oxygen atoms in total. The van der Waals surface area contributed by atoms with E-state index in [-0.39, 0.29) is 17.7 Å². The predicted octanol–water partition coefficient (Wildman–Crippen LogP) is 1.58. The fourth-order valence-corrected chi connectivity index (χ4v) is 1.54. The molecular weight excluding hydrogens is 206 g/mol. The number of carbonyl (C=O) groups excluding carboxylic acids is 2. The van der Waals surface area contributed by atoms with Crippen molar-refractivity contribution in [3.8, 4) is 0 Å². The van der Waals surface area contributed by atoms with Gasteiger partial charge in [-0.2, -0.15) is 0 Å². The van der Waals surface area contributed by atoms with Gasteiger partial charge in [-0.05, 0) is 19.9 Å². The van der Waals surface area contributed by atoms with Gasteiger partial charge >= 0.3 is 5.97 Å². The quantitative estimate of drug-likeness (QED) is 0.558. The molecule has 16 heavy (non-hydrogen) atoms. The Labute approximate surface area is 92.9 Å². The molecule has 1 aliphatic heterocycles. The summed E-state index contributed by atoms with van der Waals surface area (Å²) in [6.07, 6.45) is 0. The van der Waals surface area contributed by atoms with Crippen LogP contribution in [0.5, 0.6) is 0 Å². The van der Waals surface area contributed by atoms with Crippen LogP contribution in [0.3, 0.4) is 0 Å². The molecule has 0 N–H and O–H groups in total. The fourth-order valence-electron chi connectivity index (χ4n) is 1.54. The van der Waals surface area contributed by atoms with Crippen LogP contribution in [0.1, 0.15) is 29.8 Å². The zero-order valence-electron chi connectivity index (χ0n) is 9.06. The Hall–Kier alpha value is -1.97. The summed E-state index contributed by atoms with van der Waals surface area (Å²) >= 11 is 0. The second-order valence-electron chi connectivity index (χ2n) is 3.63. The lowest BCUT2D eigenvalue weighted by Gasteiger charge is -2.04. The SMILES string of the molecule is CC(=O)c1ccccc1C1=NC(C)C(=O)O1. The van der Waals surface area contributed by atoms with Gasteiger partial charge < -0.3 is 4.74 Å². The van der Waals surface area contributed by atoms with E-state index in [4.69, 9.17) is 4.74 Å². The van der Waals surface area contributed by atoms with Crippen molar-refractivity contribution in [3.05, 3.63) is 35.4 Å². The Balaban J connectivity index is 2.46. The standard InChI is InChI=1S/C12H11NO3/c1-7-12(15)16-11(13-7)10-6-4-3-5-9(10)8(2)14/h3-7H,1-2H3. The van der Waals surface area contributed by atoms with Gasteiger partial charge in [-0.15, -0.1) is 0 Å². The van der Waals surface area contributed by atoms with Crippen LogP contribution in [0.2, 0.25) is 0 Å². The van der Waals surface area contributed by atoms with Crippen LogP contribution in [-0.2, 0) is 9.53 Å². The average Bonchev–Trinajstić information content (AvgIpc) is 2.59. The Morgan fingerprint density at radius 1 is 1.38 bits per heavy atom. The number of nitrogens with zero attached hydrogens (tertiary/aromatic N) is 1. The van der Waals surface area contributed by atoms with E-state index in [1.807, 2.05) is 0 Å². The Bertz CT molecular complexity index is 491. The monoisotopic (exact) mass is 217 g/mol. The summed E-state index contributed by atoms with van der Waals surface area (Å²) < 4.78 is 5.01. The Kier molecular flexibility index (Phi) is 2.56. The molecule has 0 amide bonds. The summed E-state index contributed by atoms with van der Waals surface area (Å²) in [6, 6.07) is 6.47. The van der Waals surface area contributed by atoms with Gasteiger partial charge in [0.15, 0.2) is 5.78 Å². The molecule has 1 aromatic carbocycles. The van der Waals surface area contributed by atoms with Gasteiger partial charge in [0.2, 0.25) is 5.90 Å². The third-order valence-electron chi connectivity index (χ3n) is 2.39. The van der Waals surface area contributed by atoms with E-state index in [1.165, 1.54) is 6.92 Å². The molecule has 0 bridgehead atoms. The van der Waals surface area contributed by atoms with Crippen molar-refractivity contribution in [1.29, 1.82) is 0 Å². The topological polar surface area (TPSA) is 55.7 Å². The maximum atomic E-state index is 11.4. The first-order valence-corrected chi connectivity index (χ1v) is 4.99. The van der Waals surface area contributed by atoms with Crippen molar-refractivity contribution in [2.75, 3.05) is 0 Å². The van der Waals surface area contributed by atoms with Gasteiger partial charge in [0.05, 0.1) is 0 Å². The van der Waals surface area contributed by atoms with Crippen molar-refractivity contribution in [1.82, 2.24) is 0 Å². The van der Waals surface area contributed by atoms with Gasteiger partial charge in [-0.3, -0.25) is 4.79 Å². The summed E-state index contributed by atoms with van der Waals surface area (Å²) in [6.45, 7) is 3.13. The fraction of sp³-hybridized carbons (Fsp3) is 0.250. The highest BCUT2D eigenvalue weighted by atomic mass is 16.6. The van der Waals surface area contributed by atoms with Gasteiger partial charge in [0, 0.05) is 11.1 Å². The number of rotatable bonds is 2. The van der Waals surface area contributed by atoms with Crippen LogP contribution >= 0.6 is 0 Å². The lowest BCUT2D eigenvalue weighted by atomic mass is 10.0. The number of benzene rings is 1. The smallest absolute Gasteiger partial charge is 0.337 e. The van der Waals surface area contributed by atoms with Gasteiger partial charge in [-0.1, -0.05) is 18.2 Å². The van der Waals surface area contributed by atoms with Crippen LogP contribution in [-0.4, -0.2) is 23.7 Å². The van der Waals surface area contributed by atoms with Gasteiger partial charge in [-0.25, -0.2) is 9.79 Å². The summed E-state index contributed by atoms with van der Waals surface area (Å²) in [5.41, 5.74) is 1.09. The minimum absolute atomic E-state index is 0.0751. The molecule has 0 spiro atoms. The predicted molar refractivity (Wildman–Crippen MR) is 58.5 cm³/mol. The zero-order chi connectivity index (χ0) is 11.7. The molecule has 0 aliphatic carbocycles. The van der Waals surface area contributed by atoms with Gasteiger partial charge in [0.1, 0.15) is 6.04 Å². The molecule has 1 aliphatic rings. The normalized spacial score (nSPS) is 19.2.